The van der Waals surface area contributed by atoms with Gasteiger partial charge in [0.25, 0.3) is 0 Å². The molecule has 20 heavy (non-hydrogen) atoms. The van der Waals surface area contributed by atoms with Crippen molar-refractivity contribution in [1.82, 2.24) is 20.1 Å². The molecular formula is C16H22N4. The Morgan fingerprint density at radius 1 is 1.25 bits per heavy atom. The van der Waals surface area contributed by atoms with Crippen molar-refractivity contribution in [3.63, 3.8) is 0 Å². The normalized spacial score (nSPS) is 17.5. The fraction of sp³-hybridized carbons (Fsp3) is 0.500. The van der Waals surface area contributed by atoms with Crippen LogP contribution >= 0.6 is 0 Å². The summed E-state index contributed by atoms with van der Waals surface area (Å²) in [5.74, 6) is 3.08. The lowest BCUT2D eigenvalue weighted by atomic mass is 9.85. The third-order valence-corrected chi connectivity index (χ3v) is 4.30. The lowest BCUT2D eigenvalue weighted by Crippen LogP contribution is -2.30. The number of hydrogen-bond donors (Lipinski definition) is 1. The second-order valence-corrected chi connectivity index (χ2v) is 5.58. The molecule has 1 aromatic heterocycles. The van der Waals surface area contributed by atoms with Gasteiger partial charge in [0, 0.05) is 19.0 Å². The number of benzene rings is 1. The molecule has 0 radical (unpaired) electrons. The largest absolute Gasteiger partial charge is 0.312 e. The van der Waals surface area contributed by atoms with Crippen LogP contribution in [0.5, 0.6) is 0 Å². The van der Waals surface area contributed by atoms with Gasteiger partial charge in [-0.05, 0) is 11.5 Å². The van der Waals surface area contributed by atoms with E-state index >= 15 is 0 Å². The first-order valence-corrected chi connectivity index (χ1v) is 7.49. The zero-order valence-corrected chi connectivity index (χ0v) is 12.2. The molecule has 106 valence electrons. The first kappa shape index (κ1) is 13.3. The summed E-state index contributed by atoms with van der Waals surface area (Å²) in [7, 11) is 0. The third-order valence-electron chi connectivity index (χ3n) is 4.30. The van der Waals surface area contributed by atoms with Gasteiger partial charge in [-0.2, -0.15) is 0 Å². The van der Waals surface area contributed by atoms with E-state index in [4.69, 9.17) is 0 Å². The summed E-state index contributed by atoms with van der Waals surface area (Å²) in [5, 5.41) is 12.2. The maximum atomic E-state index is 4.52. The first-order chi connectivity index (χ1) is 9.81. The fourth-order valence-electron chi connectivity index (χ4n) is 2.97. The van der Waals surface area contributed by atoms with E-state index in [2.05, 4.69) is 64.3 Å². The second kappa shape index (κ2) is 5.75. The van der Waals surface area contributed by atoms with Crippen molar-refractivity contribution in [2.45, 2.75) is 39.3 Å². The summed E-state index contributed by atoms with van der Waals surface area (Å²) in [4.78, 5) is 0. The molecule has 3 rings (SSSR count). The SMILES string of the molecule is CCC(C)C(c1ccccc1)c1nnc2n1CCNC2. The van der Waals surface area contributed by atoms with Crippen LogP contribution in [-0.2, 0) is 13.1 Å². The van der Waals surface area contributed by atoms with Crippen LogP contribution in [0.15, 0.2) is 30.3 Å². The molecule has 1 aromatic carbocycles. The average molecular weight is 270 g/mol. The molecule has 1 aliphatic rings. The van der Waals surface area contributed by atoms with Crippen LogP contribution in [0.25, 0.3) is 0 Å². The van der Waals surface area contributed by atoms with Crippen LogP contribution in [0.2, 0.25) is 0 Å². The highest BCUT2D eigenvalue weighted by atomic mass is 15.3. The predicted molar refractivity (Wildman–Crippen MR) is 79.5 cm³/mol. The first-order valence-electron chi connectivity index (χ1n) is 7.49. The summed E-state index contributed by atoms with van der Waals surface area (Å²) in [6, 6.07) is 10.7. The molecule has 0 saturated carbocycles. The van der Waals surface area contributed by atoms with Gasteiger partial charge in [0.1, 0.15) is 11.6 Å². The van der Waals surface area contributed by atoms with E-state index in [9.17, 15) is 0 Å². The topological polar surface area (TPSA) is 42.7 Å². The molecule has 4 nitrogen and oxygen atoms in total. The monoisotopic (exact) mass is 270 g/mol. The molecule has 0 bridgehead atoms. The number of fused-ring (bicyclic) bond motifs is 1. The molecule has 0 saturated heterocycles. The Bertz CT molecular complexity index is 561. The quantitative estimate of drug-likeness (QED) is 0.928. The smallest absolute Gasteiger partial charge is 0.147 e. The molecule has 1 aliphatic heterocycles. The van der Waals surface area contributed by atoms with Crippen LogP contribution in [-0.4, -0.2) is 21.3 Å². The van der Waals surface area contributed by atoms with E-state index in [0.29, 0.717) is 11.8 Å². The van der Waals surface area contributed by atoms with Crippen LogP contribution in [0, 0.1) is 5.92 Å². The van der Waals surface area contributed by atoms with Gasteiger partial charge in [0.2, 0.25) is 0 Å². The molecule has 2 atom stereocenters. The highest BCUT2D eigenvalue weighted by molar-refractivity contribution is 5.27. The molecule has 0 aliphatic carbocycles. The van der Waals surface area contributed by atoms with Crippen molar-refractivity contribution >= 4 is 0 Å². The summed E-state index contributed by atoms with van der Waals surface area (Å²) in [6.07, 6.45) is 1.14. The maximum absolute atomic E-state index is 4.52. The minimum Gasteiger partial charge on any atom is -0.312 e. The predicted octanol–water partition coefficient (Wildman–Crippen LogP) is 2.56. The van der Waals surface area contributed by atoms with E-state index in [1.807, 2.05) is 0 Å². The van der Waals surface area contributed by atoms with Gasteiger partial charge in [-0.25, -0.2) is 0 Å². The molecular weight excluding hydrogens is 248 g/mol. The molecule has 0 fully saturated rings. The Morgan fingerprint density at radius 2 is 2.05 bits per heavy atom. The van der Waals surface area contributed by atoms with E-state index in [1.54, 1.807) is 0 Å². The Morgan fingerprint density at radius 3 is 2.80 bits per heavy atom. The van der Waals surface area contributed by atoms with E-state index in [0.717, 1.165) is 37.7 Å². The summed E-state index contributed by atoms with van der Waals surface area (Å²) >= 11 is 0. The fourth-order valence-corrected chi connectivity index (χ4v) is 2.97. The van der Waals surface area contributed by atoms with Crippen LogP contribution in [0.3, 0.4) is 0 Å². The standard InChI is InChI=1S/C16H22N4/c1-3-12(2)15(13-7-5-4-6-8-13)16-19-18-14-11-17-9-10-20(14)16/h4-8,12,15,17H,3,9-11H2,1-2H3. The van der Waals surface area contributed by atoms with Crippen LogP contribution in [0.1, 0.15) is 43.4 Å². The zero-order chi connectivity index (χ0) is 13.9. The Kier molecular flexibility index (Phi) is 3.83. The molecule has 4 heteroatoms. The number of rotatable bonds is 4. The van der Waals surface area contributed by atoms with E-state index in [1.165, 1.54) is 5.56 Å². The van der Waals surface area contributed by atoms with Gasteiger partial charge in [-0.15, -0.1) is 10.2 Å². The van der Waals surface area contributed by atoms with Gasteiger partial charge in [0.05, 0.1) is 6.54 Å². The summed E-state index contributed by atoms with van der Waals surface area (Å²) in [6.45, 7) is 7.35. The molecule has 2 unspecified atom stereocenters. The van der Waals surface area contributed by atoms with Gasteiger partial charge < -0.3 is 9.88 Å². The number of nitrogens with zero attached hydrogens (tertiary/aromatic N) is 3. The van der Waals surface area contributed by atoms with Crippen molar-refractivity contribution in [1.29, 1.82) is 0 Å². The molecule has 2 aromatic rings. The van der Waals surface area contributed by atoms with Gasteiger partial charge >= 0.3 is 0 Å². The van der Waals surface area contributed by atoms with Crippen molar-refractivity contribution in [3.8, 4) is 0 Å². The number of nitrogens with one attached hydrogen (secondary N) is 1. The molecule has 0 spiro atoms. The van der Waals surface area contributed by atoms with Crippen LogP contribution in [0.4, 0.5) is 0 Å². The maximum Gasteiger partial charge on any atom is 0.147 e. The van der Waals surface area contributed by atoms with Gasteiger partial charge in [-0.3, -0.25) is 0 Å². The summed E-state index contributed by atoms with van der Waals surface area (Å²) in [5.41, 5.74) is 1.34. The van der Waals surface area contributed by atoms with Crippen LogP contribution < -0.4 is 5.32 Å². The van der Waals surface area contributed by atoms with Crippen molar-refractivity contribution in [3.05, 3.63) is 47.5 Å². The highest BCUT2D eigenvalue weighted by Gasteiger charge is 2.27. The number of aromatic nitrogens is 3. The minimum atomic E-state index is 0.334. The molecule has 2 heterocycles. The van der Waals surface area contributed by atoms with E-state index < -0.39 is 0 Å². The Hall–Kier alpha value is -1.68. The highest BCUT2D eigenvalue weighted by Crippen LogP contribution is 2.33. The lowest BCUT2D eigenvalue weighted by Gasteiger charge is -2.25. The average Bonchev–Trinajstić information content (AvgIpc) is 2.92. The molecule has 1 N–H and O–H groups in total. The Labute approximate surface area is 120 Å². The van der Waals surface area contributed by atoms with Crippen molar-refractivity contribution in [2.24, 2.45) is 5.92 Å². The second-order valence-electron chi connectivity index (χ2n) is 5.58. The number of hydrogen-bond acceptors (Lipinski definition) is 3. The Balaban J connectivity index is 2.04. The molecule has 0 amide bonds. The summed E-state index contributed by atoms with van der Waals surface area (Å²) < 4.78 is 2.31. The zero-order valence-electron chi connectivity index (χ0n) is 12.2. The third kappa shape index (κ3) is 2.36. The van der Waals surface area contributed by atoms with Crippen molar-refractivity contribution in [2.75, 3.05) is 6.54 Å². The van der Waals surface area contributed by atoms with Gasteiger partial charge in [0.15, 0.2) is 0 Å². The minimum absolute atomic E-state index is 0.334. The van der Waals surface area contributed by atoms with E-state index in [-0.39, 0.29) is 0 Å². The van der Waals surface area contributed by atoms with Crippen molar-refractivity contribution < 1.29 is 0 Å². The lowest BCUT2D eigenvalue weighted by molar-refractivity contribution is 0.435. The van der Waals surface area contributed by atoms with Gasteiger partial charge in [-0.1, -0.05) is 50.6 Å².